The number of ether oxygens (including phenoxy) is 2. The molecule has 0 saturated heterocycles. The van der Waals surface area contributed by atoms with E-state index in [2.05, 4.69) is 27.7 Å². The molecule has 52 heavy (non-hydrogen) atoms. The van der Waals surface area contributed by atoms with Gasteiger partial charge >= 0.3 is 5.97 Å². The first-order valence-corrected chi connectivity index (χ1v) is 24.6. The van der Waals surface area contributed by atoms with E-state index in [4.69, 9.17) is 18.9 Å². The van der Waals surface area contributed by atoms with Crippen molar-refractivity contribution < 1.29 is 33.7 Å². The van der Waals surface area contributed by atoms with Crippen LogP contribution < -0.4 is 4.74 Å². The van der Waals surface area contributed by atoms with E-state index in [1.807, 2.05) is 108 Å². The topological polar surface area (TPSA) is 118 Å². The monoisotopic (exact) mass is 755 g/mol. The fourth-order valence-electron chi connectivity index (χ4n) is 6.65. The van der Waals surface area contributed by atoms with Gasteiger partial charge in [0, 0.05) is 5.41 Å². The summed E-state index contributed by atoms with van der Waals surface area (Å²) in [7, 11) is -4.72. The van der Waals surface area contributed by atoms with Crippen LogP contribution in [0.4, 0.5) is 0 Å². The lowest BCUT2D eigenvalue weighted by molar-refractivity contribution is -0.153. The maximum Gasteiger partial charge on any atom is 0.312 e. The number of nitrogens with zero attached hydrogens (tertiary/aromatic N) is 1. The molecule has 292 valence electrons. The Morgan fingerprint density at radius 3 is 1.87 bits per heavy atom. The van der Waals surface area contributed by atoms with Crippen molar-refractivity contribution in [3.8, 4) is 5.75 Å². The van der Waals surface area contributed by atoms with Crippen molar-refractivity contribution in [1.82, 2.24) is 0 Å². The molecule has 0 aliphatic heterocycles. The number of carbonyl (C=O) groups is 1. The Morgan fingerprint density at radius 1 is 0.865 bits per heavy atom. The Bertz CT molecular complexity index is 1430. The first kappa shape index (κ1) is 45.6. The van der Waals surface area contributed by atoms with Crippen molar-refractivity contribution >= 4 is 29.0 Å². The highest BCUT2D eigenvalue weighted by atomic mass is 28.4. The van der Waals surface area contributed by atoms with Crippen molar-refractivity contribution in [3.05, 3.63) is 77.4 Å². The predicted octanol–water partition coefficient (Wildman–Crippen LogP) is 9.64. The minimum atomic E-state index is -2.75. The van der Waals surface area contributed by atoms with Gasteiger partial charge in [0.15, 0.2) is 23.0 Å². The summed E-state index contributed by atoms with van der Waals surface area (Å²) in [5.41, 5.74) is 1.28. The summed E-state index contributed by atoms with van der Waals surface area (Å²) >= 11 is 0. The van der Waals surface area contributed by atoms with Gasteiger partial charge in [-0.05, 0) is 98.7 Å². The fraction of sp³-hybridized carbons (Fsp3) is 0.619. The summed E-state index contributed by atoms with van der Waals surface area (Å²) < 4.78 is 18.9. The molecule has 0 heterocycles. The molecule has 2 aromatic carbocycles. The van der Waals surface area contributed by atoms with Crippen molar-refractivity contribution in [2.45, 2.75) is 156 Å². The highest BCUT2D eigenvalue weighted by Crippen LogP contribution is 2.46. The molecule has 0 aromatic heterocycles. The van der Waals surface area contributed by atoms with Crippen LogP contribution in [0.5, 0.6) is 5.75 Å². The number of aliphatic imine (C=N–C) groups is 1. The van der Waals surface area contributed by atoms with E-state index in [0.717, 1.165) is 23.7 Å². The quantitative estimate of drug-likeness (QED) is 0.0382. The number of hydrogen-bond acceptors (Lipinski definition) is 8. The molecule has 10 heteroatoms. The number of carbonyl (C=O) groups excluding carboxylic acids is 1. The van der Waals surface area contributed by atoms with Gasteiger partial charge in [-0.3, -0.25) is 4.79 Å². The van der Waals surface area contributed by atoms with Crippen LogP contribution in [0.2, 0.25) is 36.3 Å². The highest BCUT2D eigenvalue weighted by Gasteiger charge is 2.46. The van der Waals surface area contributed by atoms with E-state index in [9.17, 15) is 19.8 Å². The largest absolute Gasteiger partial charge is 0.458 e. The minimum absolute atomic E-state index is 0.225. The molecule has 6 atom stereocenters. The van der Waals surface area contributed by atoms with Gasteiger partial charge in [0.25, 0.3) is 0 Å². The lowest BCUT2D eigenvalue weighted by atomic mass is 9.75. The molecule has 2 rings (SSSR count). The third-order valence-corrected chi connectivity index (χ3v) is 20.1. The summed E-state index contributed by atoms with van der Waals surface area (Å²) in [4.78, 5) is 30.5. The zero-order valence-corrected chi connectivity index (χ0v) is 36.3. The second-order valence-corrected chi connectivity index (χ2v) is 25.4. The first-order chi connectivity index (χ1) is 24.2. The Kier molecular flexibility index (Phi) is 17.2. The zero-order valence-electron chi connectivity index (χ0n) is 34.3. The Hall–Kier alpha value is -2.61. The average molecular weight is 756 g/mol. The first-order valence-electron chi connectivity index (χ1n) is 19.1. The van der Waals surface area contributed by atoms with Gasteiger partial charge in [-0.1, -0.05) is 104 Å². The van der Waals surface area contributed by atoms with Gasteiger partial charge in [0.2, 0.25) is 0 Å². The van der Waals surface area contributed by atoms with Crippen LogP contribution >= 0.6 is 0 Å². The van der Waals surface area contributed by atoms with Crippen LogP contribution in [0.15, 0.2) is 76.8 Å². The molecule has 0 aliphatic carbocycles. The van der Waals surface area contributed by atoms with Gasteiger partial charge in [0.1, 0.15) is 18.0 Å². The Morgan fingerprint density at radius 2 is 1.38 bits per heavy atom. The summed E-state index contributed by atoms with van der Waals surface area (Å²) in [5.74, 6) is -0.611. The van der Waals surface area contributed by atoms with E-state index in [-0.39, 0.29) is 6.10 Å². The van der Waals surface area contributed by atoms with Crippen LogP contribution in [-0.2, 0) is 14.0 Å². The third kappa shape index (κ3) is 11.7. The van der Waals surface area contributed by atoms with E-state index < -0.39 is 63.3 Å². The lowest BCUT2D eigenvalue weighted by Gasteiger charge is -2.44. The average Bonchev–Trinajstić information content (AvgIpc) is 3.12. The van der Waals surface area contributed by atoms with Crippen LogP contribution in [0.1, 0.15) is 101 Å². The summed E-state index contributed by atoms with van der Waals surface area (Å²) in [6.07, 6.45) is -0.819. The van der Waals surface area contributed by atoms with E-state index >= 15 is 0 Å². The van der Waals surface area contributed by atoms with Crippen molar-refractivity contribution in [2.24, 2.45) is 16.3 Å². The molecule has 2 aromatic rings. The molecule has 8 nitrogen and oxygen atoms in total. The number of hydrogen-bond donors (Lipinski definition) is 3. The molecule has 0 bridgehead atoms. The fourth-order valence-corrected chi connectivity index (χ4v) is 10.4. The van der Waals surface area contributed by atoms with Crippen molar-refractivity contribution in [2.75, 3.05) is 0 Å². The standard InChI is InChI=1S/C42H69NO7Si2/c1-14-36(50-52(15-2,16-3)17-4)42(10,11)39(45)38(44)31(6)30(5)32(7)49-40(46)35(28-41(8,9)51(12,13)47)37(33-24-20-18-21-25-33)43-29-48-34-26-22-19-23-27-34/h18-27,29,32,35-39,44-45,47H,14-17,28H2,1-13H3/b31-30+,43-29?/t32-,35+,36-,37-,38-,39-/m0/s1. The molecule has 3 N–H and O–H groups in total. The Balaban J connectivity index is 2.47. The predicted molar refractivity (Wildman–Crippen MR) is 219 cm³/mol. The molecule has 0 fully saturated rings. The number of aliphatic hydroxyl groups excluding tert-OH is 2. The molecule has 0 unspecified atom stereocenters. The molecular weight excluding hydrogens is 687 g/mol. The smallest absolute Gasteiger partial charge is 0.312 e. The van der Waals surface area contributed by atoms with Crippen molar-refractivity contribution in [3.63, 3.8) is 0 Å². The normalized spacial score (nSPS) is 17.2. The maximum absolute atomic E-state index is 14.4. The van der Waals surface area contributed by atoms with Crippen LogP contribution in [-0.4, -0.2) is 68.4 Å². The van der Waals surface area contributed by atoms with E-state index in [0.29, 0.717) is 29.7 Å². The summed E-state index contributed by atoms with van der Waals surface area (Å²) in [6.45, 7) is 25.7. The zero-order chi connectivity index (χ0) is 39.5. The molecule has 0 amide bonds. The van der Waals surface area contributed by atoms with Gasteiger partial charge in [-0.2, -0.15) is 0 Å². The van der Waals surface area contributed by atoms with Gasteiger partial charge in [-0.15, -0.1) is 0 Å². The van der Waals surface area contributed by atoms with E-state index in [1.165, 1.54) is 6.40 Å². The SMILES string of the molecule is CC[C@H](O[Si](CC)(CC)CC)C(C)(C)[C@@H](O)[C@@H](O)/C(C)=C(\C)[C@H](C)OC(=O)[C@H](CC(C)(C)[Si](C)(C)O)[C@@H](N=COc1ccccc1)c1ccccc1. The summed E-state index contributed by atoms with van der Waals surface area (Å²) in [5, 5.41) is 22.7. The molecule has 0 spiro atoms. The maximum atomic E-state index is 14.4. The summed E-state index contributed by atoms with van der Waals surface area (Å²) in [6, 6.07) is 21.2. The van der Waals surface area contributed by atoms with Crippen LogP contribution in [0, 0.1) is 11.3 Å². The molecule has 0 aliphatic rings. The Labute approximate surface area is 317 Å². The number of aliphatic hydroxyl groups is 2. The van der Waals surface area contributed by atoms with Crippen LogP contribution in [0.25, 0.3) is 0 Å². The van der Waals surface area contributed by atoms with Gasteiger partial charge in [-0.25, -0.2) is 4.99 Å². The van der Waals surface area contributed by atoms with E-state index in [1.54, 1.807) is 13.8 Å². The number of esters is 1. The second-order valence-electron chi connectivity index (χ2n) is 16.2. The van der Waals surface area contributed by atoms with Crippen molar-refractivity contribution in [1.29, 1.82) is 0 Å². The minimum Gasteiger partial charge on any atom is -0.458 e. The molecule has 0 radical (unpaired) electrons. The second kappa shape index (κ2) is 19.6. The van der Waals surface area contributed by atoms with Crippen LogP contribution in [0.3, 0.4) is 0 Å². The lowest BCUT2D eigenvalue weighted by Crippen LogP contribution is -2.52. The third-order valence-electron chi connectivity index (χ3n) is 11.9. The highest BCUT2D eigenvalue weighted by molar-refractivity contribution is 6.73. The van der Waals surface area contributed by atoms with Gasteiger partial charge < -0.3 is 28.9 Å². The number of para-hydroxylation sites is 1. The van der Waals surface area contributed by atoms with Gasteiger partial charge in [0.05, 0.1) is 24.2 Å². The molecular formula is C42H69NO7Si2. The molecule has 0 saturated carbocycles. The number of benzene rings is 2. The number of rotatable bonds is 21.